The zero-order valence-electron chi connectivity index (χ0n) is 14.6. The van der Waals surface area contributed by atoms with Gasteiger partial charge in [-0.05, 0) is 44.4 Å². The lowest BCUT2D eigenvalue weighted by Crippen LogP contribution is -2.26. The number of carbonyl (C=O) groups is 1. The third kappa shape index (κ3) is 6.37. The van der Waals surface area contributed by atoms with E-state index in [9.17, 15) is 13.2 Å². The molecule has 0 unspecified atom stereocenters. The van der Waals surface area contributed by atoms with E-state index in [2.05, 4.69) is 10.0 Å². The highest BCUT2D eigenvalue weighted by Gasteiger charge is 2.18. The first-order valence-electron chi connectivity index (χ1n) is 8.00. The van der Waals surface area contributed by atoms with Gasteiger partial charge < -0.3 is 9.47 Å². The molecule has 0 aliphatic carbocycles. The van der Waals surface area contributed by atoms with E-state index in [1.165, 1.54) is 18.2 Å². The number of nitrogens with one attached hydrogen (secondary N) is 2. The minimum Gasteiger partial charge on any atom is -0.492 e. The van der Waals surface area contributed by atoms with Crippen molar-refractivity contribution in [3.8, 4) is 5.75 Å². The summed E-state index contributed by atoms with van der Waals surface area (Å²) in [6.45, 7) is 8.47. The van der Waals surface area contributed by atoms with Crippen LogP contribution in [0.2, 0.25) is 0 Å². The molecule has 0 saturated carbocycles. The van der Waals surface area contributed by atoms with Crippen LogP contribution in [0.25, 0.3) is 0 Å². The smallest absolute Gasteiger partial charge is 0.411 e. The maximum atomic E-state index is 12.4. The van der Waals surface area contributed by atoms with Crippen LogP contribution in [0.3, 0.4) is 0 Å². The van der Waals surface area contributed by atoms with Gasteiger partial charge in [-0.3, -0.25) is 5.32 Å². The molecule has 0 atom stereocenters. The summed E-state index contributed by atoms with van der Waals surface area (Å²) in [5.41, 5.74) is 0.252. The highest BCUT2D eigenvalue weighted by Crippen LogP contribution is 2.28. The summed E-state index contributed by atoms with van der Waals surface area (Å²) >= 11 is 0. The molecular weight excluding hydrogens is 332 g/mol. The van der Waals surface area contributed by atoms with Gasteiger partial charge in [0.25, 0.3) is 0 Å². The quantitative estimate of drug-likeness (QED) is 0.708. The van der Waals surface area contributed by atoms with E-state index >= 15 is 0 Å². The fourth-order valence-electron chi connectivity index (χ4n) is 1.90. The Morgan fingerprint density at radius 1 is 1.21 bits per heavy atom. The van der Waals surface area contributed by atoms with Crippen molar-refractivity contribution in [3.05, 3.63) is 18.2 Å². The molecule has 0 saturated heterocycles. The Hall–Kier alpha value is -1.80. The van der Waals surface area contributed by atoms with Crippen molar-refractivity contribution >= 4 is 21.8 Å². The number of hydrogen-bond donors (Lipinski definition) is 2. The number of rotatable bonds is 9. The fraction of sp³-hybridized carbons (Fsp3) is 0.562. The van der Waals surface area contributed by atoms with E-state index in [0.29, 0.717) is 24.8 Å². The van der Waals surface area contributed by atoms with Crippen LogP contribution in [-0.4, -0.2) is 34.3 Å². The van der Waals surface area contributed by atoms with E-state index in [4.69, 9.17) is 9.47 Å². The van der Waals surface area contributed by atoms with Gasteiger partial charge >= 0.3 is 6.09 Å². The van der Waals surface area contributed by atoms with Crippen LogP contribution >= 0.6 is 0 Å². The summed E-state index contributed by atoms with van der Waals surface area (Å²) in [5.74, 6) is 0.778. The third-order valence-electron chi connectivity index (χ3n) is 3.09. The Morgan fingerprint density at radius 2 is 1.92 bits per heavy atom. The SMILES string of the molecule is CCOC(=O)Nc1cc(S(=O)(=O)NCCC(C)C)ccc1OCC. The van der Waals surface area contributed by atoms with Crippen LogP contribution < -0.4 is 14.8 Å². The molecule has 0 bridgehead atoms. The summed E-state index contributed by atoms with van der Waals surface area (Å²) < 4.78 is 37.5. The molecule has 24 heavy (non-hydrogen) atoms. The van der Waals surface area contributed by atoms with Gasteiger partial charge in [0.1, 0.15) is 5.75 Å². The minimum atomic E-state index is -3.66. The van der Waals surface area contributed by atoms with Gasteiger partial charge in [0, 0.05) is 6.54 Å². The first kappa shape index (κ1) is 20.2. The second-order valence-corrected chi connectivity index (χ2v) is 7.28. The summed E-state index contributed by atoms with van der Waals surface area (Å²) in [4.78, 5) is 11.7. The maximum Gasteiger partial charge on any atom is 0.411 e. The lowest BCUT2D eigenvalue weighted by Gasteiger charge is -2.14. The third-order valence-corrected chi connectivity index (χ3v) is 4.55. The highest BCUT2D eigenvalue weighted by atomic mass is 32.2. The molecule has 1 aromatic carbocycles. The van der Waals surface area contributed by atoms with Crippen LogP contribution in [-0.2, 0) is 14.8 Å². The van der Waals surface area contributed by atoms with Gasteiger partial charge in [-0.2, -0.15) is 0 Å². The van der Waals surface area contributed by atoms with E-state index < -0.39 is 16.1 Å². The molecule has 2 N–H and O–H groups in total. The first-order valence-corrected chi connectivity index (χ1v) is 9.48. The number of hydrogen-bond acceptors (Lipinski definition) is 5. The van der Waals surface area contributed by atoms with Crippen molar-refractivity contribution in [2.45, 2.75) is 39.0 Å². The topological polar surface area (TPSA) is 93.7 Å². The number of benzene rings is 1. The Balaban J connectivity index is 3.01. The van der Waals surface area contributed by atoms with Crippen molar-refractivity contribution in [1.82, 2.24) is 4.72 Å². The summed E-state index contributed by atoms with van der Waals surface area (Å²) in [6, 6.07) is 4.32. The number of sulfonamides is 1. The first-order chi connectivity index (χ1) is 11.3. The Labute approximate surface area is 143 Å². The second-order valence-electron chi connectivity index (χ2n) is 5.52. The van der Waals surface area contributed by atoms with Gasteiger partial charge in [0.15, 0.2) is 0 Å². The van der Waals surface area contributed by atoms with Crippen LogP contribution in [0, 0.1) is 5.92 Å². The molecule has 8 heteroatoms. The molecule has 7 nitrogen and oxygen atoms in total. The van der Waals surface area contributed by atoms with Crippen molar-refractivity contribution in [2.24, 2.45) is 5.92 Å². The van der Waals surface area contributed by atoms with E-state index in [0.717, 1.165) is 6.42 Å². The monoisotopic (exact) mass is 358 g/mol. The van der Waals surface area contributed by atoms with Crippen LogP contribution in [0.4, 0.5) is 10.5 Å². The van der Waals surface area contributed by atoms with Crippen LogP contribution in [0.5, 0.6) is 5.75 Å². The molecule has 0 aliphatic heterocycles. The van der Waals surface area contributed by atoms with Gasteiger partial charge in [-0.15, -0.1) is 0 Å². The van der Waals surface area contributed by atoms with Gasteiger partial charge in [-0.1, -0.05) is 13.8 Å². The molecule has 1 rings (SSSR count). The highest BCUT2D eigenvalue weighted by molar-refractivity contribution is 7.89. The van der Waals surface area contributed by atoms with E-state index in [-0.39, 0.29) is 17.2 Å². The molecule has 1 amide bonds. The normalized spacial score (nSPS) is 11.4. The number of ether oxygens (including phenoxy) is 2. The molecule has 0 aliphatic rings. The predicted octanol–water partition coefficient (Wildman–Crippen LogP) is 2.98. The average molecular weight is 358 g/mol. The molecule has 1 aromatic rings. The van der Waals surface area contributed by atoms with Crippen molar-refractivity contribution in [1.29, 1.82) is 0 Å². The maximum absolute atomic E-state index is 12.4. The lowest BCUT2D eigenvalue weighted by atomic mass is 10.1. The van der Waals surface area contributed by atoms with Crippen LogP contribution in [0.15, 0.2) is 23.1 Å². The zero-order chi connectivity index (χ0) is 18.2. The van der Waals surface area contributed by atoms with Gasteiger partial charge in [0.2, 0.25) is 10.0 Å². The number of amides is 1. The summed E-state index contributed by atoms with van der Waals surface area (Å²) in [7, 11) is -3.66. The summed E-state index contributed by atoms with van der Waals surface area (Å²) in [6.07, 6.45) is 0.0743. The molecule has 0 fully saturated rings. The molecule has 0 aromatic heterocycles. The van der Waals surface area contributed by atoms with Crippen molar-refractivity contribution in [3.63, 3.8) is 0 Å². The fourth-order valence-corrected chi connectivity index (χ4v) is 2.97. The second kappa shape index (κ2) is 9.48. The molecular formula is C16H26N2O5S. The average Bonchev–Trinajstić information content (AvgIpc) is 2.48. The minimum absolute atomic E-state index is 0.0570. The van der Waals surface area contributed by atoms with Gasteiger partial charge in [0.05, 0.1) is 23.8 Å². The molecule has 0 spiro atoms. The predicted molar refractivity (Wildman–Crippen MR) is 92.9 cm³/mol. The van der Waals surface area contributed by atoms with Gasteiger partial charge in [-0.25, -0.2) is 17.9 Å². The molecule has 0 radical (unpaired) electrons. The molecule has 136 valence electrons. The van der Waals surface area contributed by atoms with Crippen LogP contribution in [0.1, 0.15) is 34.1 Å². The number of carbonyl (C=O) groups excluding carboxylic acids is 1. The summed E-state index contributed by atoms with van der Waals surface area (Å²) in [5, 5.41) is 2.50. The lowest BCUT2D eigenvalue weighted by molar-refractivity contribution is 0.167. The van der Waals surface area contributed by atoms with E-state index in [1.807, 2.05) is 13.8 Å². The van der Waals surface area contributed by atoms with E-state index in [1.54, 1.807) is 13.8 Å². The molecule has 0 heterocycles. The Bertz CT molecular complexity index is 644. The zero-order valence-corrected chi connectivity index (χ0v) is 15.4. The largest absolute Gasteiger partial charge is 0.492 e. The number of anilines is 1. The Morgan fingerprint density at radius 3 is 2.50 bits per heavy atom. The van der Waals surface area contributed by atoms with Crippen molar-refractivity contribution in [2.75, 3.05) is 25.1 Å². The Kier molecular flexibility index (Phi) is 8.00. The standard InChI is InChI=1S/C16H26N2O5S/c1-5-22-15-8-7-13(11-14(15)18-16(19)23-6-2)24(20,21)17-10-9-12(3)4/h7-8,11-12,17H,5-6,9-10H2,1-4H3,(H,18,19). The van der Waals surface area contributed by atoms with Crippen molar-refractivity contribution < 1.29 is 22.7 Å².